The fourth-order valence-electron chi connectivity index (χ4n) is 1.32. The Kier molecular flexibility index (Phi) is 4.28. The summed E-state index contributed by atoms with van der Waals surface area (Å²) in [5.41, 5.74) is 5.59. The molecule has 0 aliphatic carbocycles. The Morgan fingerprint density at radius 3 is 2.61 bits per heavy atom. The molecule has 1 aromatic rings. The Balaban J connectivity index is 2.83. The summed E-state index contributed by atoms with van der Waals surface area (Å²) >= 11 is 0. The lowest BCUT2D eigenvalue weighted by Gasteiger charge is -2.17. The van der Waals surface area contributed by atoms with Crippen molar-refractivity contribution < 1.29 is 17.6 Å². The van der Waals surface area contributed by atoms with Crippen molar-refractivity contribution in [1.29, 1.82) is 0 Å². The van der Waals surface area contributed by atoms with E-state index in [1.54, 1.807) is 0 Å². The Morgan fingerprint density at radius 1 is 1.44 bits per heavy atom. The molecule has 18 heavy (non-hydrogen) atoms. The minimum absolute atomic E-state index is 0.00586. The van der Waals surface area contributed by atoms with E-state index < -0.39 is 21.6 Å². The van der Waals surface area contributed by atoms with Gasteiger partial charge in [0.15, 0.2) is 0 Å². The van der Waals surface area contributed by atoms with Gasteiger partial charge in [-0.05, 0) is 18.2 Å². The Labute approximate surface area is 105 Å². The number of benzene rings is 1. The van der Waals surface area contributed by atoms with Gasteiger partial charge in [-0.3, -0.25) is 4.79 Å². The second-order valence-electron chi connectivity index (χ2n) is 4.10. The summed E-state index contributed by atoms with van der Waals surface area (Å²) < 4.78 is 35.4. The molecule has 100 valence electrons. The quantitative estimate of drug-likeness (QED) is 0.812. The van der Waals surface area contributed by atoms with Crippen LogP contribution in [0.3, 0.4) is 0 Å². The van der Waals surface area contributed by atoms with Gasteiger partial charge in [0.25, 0.3) is 5.91 Å². The number of nitrogens with zero attached hydrogens (tertiary/aromatic N) is 1. The SMILES string of the molecule is CN(CCS(C)(=O)=O)C(=O)c1cc(N)ccc1F. The van der Waals surface area contributed by atoms with Gasteiger partial charge in [0.2, 0.25) is 0 Å². The molecule has 0 bridgehead atoms. The summed E-state index contributed by atoms with van der Waals surface area (Å²) in [6.45, 7) is 0.00586. The summed E-state index contributed by atoms with van der Waals surface area (Å²) in [4.78, 5) is 13.0. The molecule has 0 aliphatic heterocycles. The van der Waals surface area contributed by atoms with Crippen molar-refractivity contribution >= 4 is 21.4 Å². The zero-order valence-corrected chi connectivity index (χ0v) is 11.0. The van der Waals surface area contributed by atoms with Gasteiger partial charge in [0.1, 0.15) is 15.7 Å². The van der Waals surface area contributed by atoms with Crippen molar-refractivity contribution in [2.24, 2.45) is 0 Å². The minimum Gasteiger partial charge on any atom is -0.399 e. The van der Waals surface area contributed by atoms with Gasteiger partial charge in [-0.25, -0.2) is 12.8 Å². The third-order valence-corrected chi connectivity index (χ3v) is 3.29. The molecule has 0 atom stereocenters. The minimum atomic E-state index is -3.17. The average Bonchev–Trinajstić information content (AvgIpc) is 2.27. The smallest absolute Gasteiger partial charge is 0.256 e. The molecule has 0 spiro atoms. The van der Waals surface area contributed by atoms with Crippen LogP contribution in [0.4, 0.5) is 10.1 Å². The molecule has 1 rings (SSSR count). The maximum absolute atomic E-state index is 13.4. The molecule has 0 unspecified atom stereocenters. The highest BCUT2D eigenvalue weighted by atomic mass is 32.2. The number of amides is 1. The number of hydrogen-bond donors (Lipinski definition) is 1. The van der Waals surface area contributed by atoms with Crippen molar-refractivity contribution in [3.05, 3.63) is 29.6 Å². The molecule has 0 saturated heterocycles. The number of halogens is 1. The fourth-order valence-corrected chi connectivity index (χ4v) is 1.92. The standard InChI is InChI=1S/C11H15FN2O3S/c1-14(5-6-18(2,16)17)11(15)9-7-8(13)3-4-10(9)12/h3-4,7H,5-6,13H2,1-2H3. The predicted octanol–water partition coefficient (Wildman–Crippen LogP) is 0.525. The van der Waals surface area contributed by atoms with E-state index in [4.69, 9.17) is 5.73 Å². The number of hydrogen-bond acceptors (Lipinski definition) is 4. The van der Waals surface area contributed by atoms with Gasteiger partial charge in [-0.1, -0.05) is 0 Å². The number of sulfone groups is 1. The van der Waals surface area contributed by atoms with Crippen LogP contribution in [-0.2, 0) is 9.84 Å². The molecule has 7 heteroatoms. The van der Waals surface area contributed by atoms with Gasteiger partial charge in [-0.2, -0.15) is 0 Å². The van der Waals surface area contributed by atoms with Gasteiger partial charge < -0.3 is 10.6 Å². The molecule has 1 amide bonds. The molecule has 0 fully saturated rings. The van der Waals surface area contributed by atoms with Crippen LogP contribution in [0, 0.1) is 5.82 Å². The molecule has 0 radical (unpaired) electrons. The van der Waals surface area contributed by atoms with Crippen LogP contribution in [0.5, 0.6) is 0 Å². The lowest BCUT2D eigenvalue weighted by atomic mass is 10.1. The van der Waals surface area contributed by atoms with E-state index in [1.165, 1.54) is 19.2 Å². The second-order valence-corrected chi connectivity index (χ2v) is 6.36. The van der Waals surface area contributed by atoms with Gasteiger partial charge >= 0.3 is 0 Å². The van der Waals surface area contributed by atoms with Crippen molar-refractivity contribution in [1.82, 2.24) is 4.90 Å². The van der Waals surface area contributed by atoms with E-state index in [0.29, 0.717) is 0 Å². The molecule has 5 nitrogen and oxygen atoms in total. The zero-order chi connectivity index (χ0) is 13.9. The first-order valence-corrected chi connectivity index (χ1v) is 7.25. The second kappa shape index (κ2) is 5.34. The van der Waals surface area contributed by atoms with Crippen LogP contribution in [0.1, 0.15) is 10.4 Å². The van der Waals surface area contributed by atoms with E-state index in [1.807, 2.05) is 0 Å². The van der Waals surface area contributed by atoms with Gasteiger partial charge in [-0.15, -0.1) is 0 Å². The van der Waals surface area contributed by atoms with E-state index in [-0.39, 0.29) is 23.5 Å². The van der Waals surface area contributed by atoms with Crippen LogP contribution in [0.15, 0.2) is 18.2 Å². The van der Waals surface area contributed by atoms with Gasteiger partial charge in [0.05, 0.1) is 11.3 Å². The molecule has 1 aromatic carbocycles. The van der Waals surface area contributed by atoms with Crippen LogP contribution >= 0.6 is 0 Å². The highest BCUT2D eigenvalue weighted by molar-refractivity contribution is 7.90. The number of rotatable bonds is 4. The Bertz CT molecular complexity index is 557. The summed E-state index contributed by atoms with van der Waals surface area (Å²) in [6.07, 6.45) is 1.08. The number of anilines is 1. The van der Waals surface area contributed by atoms with Crippen molar-refractivity contribution in [3.8, 4) is 0 Å². The molecule has 0 heterocycles. The summed E-state index contributed by atoms with van der Waals surface area (Å²) in [7, 11) is -1.75. The van der Waals surface area contributed by atoms with Crippen molar-refractivity contribution in [3.63, 3.8) is 0 Å². The van der Waals surface area contributed by atoms with Gasteiger partial charge in [0, 0.05) is 25.5 Å². The van der Waals surface area contributed by atoms with E-state index in [9.17, 15) is 17.6 Å². The monoisotopic (exact) mass is 274 g/mol. The van der Waals surface area contributed by atoms with Crippen LogP contribution < -0.4 is 5.73 Å². The first-order valence-electron chi connectivity index (χ1n) is 5.19. The predicted molar refractivity (Wildman–Crippen MR) is 67.5 cm³/mol. The summed E-state index contributed by atoms with van der Waals surface area (Å²) in [6, 6.07) is 3.68. The fraction of sp³-hybridized carbons (Fsp3) is 0.364. The summed E-state index contributed by atoms with van der Waals surface area (Å²) in [5.74, 6) is -1.44. The molecule has 2 N–H and O–H groups in total. The van der Waals surface area contributed by atoms with E-state index in [2.05, 4.69) is 0 Å². The molecule has 0 aliphatic rings. The maximum Gasteiger partial charge on any atom is 0.256 e. The van der Waals surface area contributed by atoms with E-state index in [0.717, 1.165) is 17.2 Å². The van der Waals surface area contributed by atoms with Crippen molar-refractivity contribution in [2.45, 2.75) is 0 Å². The Morgan fingerprint density at radius 2 is 2.06 bits per heavy atom. The zero-order valence-electron chi connectivity index (χ0n) is 10.2. The molecular formula is C11H15FN2O3S. The topological polar surface area (TPSA) is 80.5 Å². The normalized spacial score (nSPS) is 11.3. The number of nitrogens with two attached hydrogens (primary N) is 1. The lowest BCUT2D eigenvalue weighted by Crippen LogP contribution is -2.32. The highest BCUT2D eigenvalue weighted by Gasteiger charge is 2.17. The first-order chi connectivity index (χ1) is 8.20. The largest absolute Gasteiger partial charge is 0.399 e. The third kappa shape index (κ3) is 3.99. The number of carbonyl (C=O) groups is 1. The number of nitrogen functional groups attached to an aromatic ring is 1. The average molecular weight is 274 g/mol. The van der Waals surface area contributed by atoms with Crippen LogP contribution in [0.2, 0.25) is 0 Å². The van der Waals surface area contributed by atoms with Crippen LogP contribution in [-0.4, -0.2) is 44.8 Å². The summed E-state index contributed by atoms with van der Waals surface area (Å²) in [5, 5.41) is 0. The van der Waals surface area contributed by atoms with Crippen molar-refractivity contribution in [2.75, 3.05) is 31.3 Å². The third-order valence-electron chi connectivity index (χ3n) is 2.37. The number of carbonyl (C=O) groups excluding carboxylic acids is 1. The molecule has 0 aromatic heterocycles. The molecular weight excluding hydrogens is 259 g/mol. The van der Waals surface area contributed by atoms with E-state index >= 15 is 0 Å². The highest BCUT2D eigenvalue weighted by Crippen LogP contribution is 2.13. The lowest BCUT2D eigenvalue weighted by molar-refractivity contribution is 0.0799. The van der Waals surface area contributed by atoms with Crippen LogP contribution in [0.25, 0.3) is 0 Å². The molecule has 0 saturated carbocycles. The maximum atomic E-state index is 13.4. The first kappa shape index (κ1) is 14.4. The Hall–Kier alpha value is -1.63.